The van der Waals surface area contributed by atoms with Gasteiger partial charge in [-0.2, -0.15) is 9.57 Å². The summed E-state index contributed by atoms with van der Waals surface area (Å²) in [6.07, 6.45) is 0.823. The fourth-order valence-corrected chi connectivity index (χ4v) is 6.32. The Kier molecular flexibility index (Phi) is 7.24. The van der Waals surface area contributed by atoms with Gasteiger partial charge < -0.3 is 9.80 Å². The van der Waals surface area contributed by atoms with Crippen molar-refractivity contribution < 1.29 is 18.0 Å². The number of rotatable bonds is 5. The number of fused-ring (bicyclic) bond motifs is 1. The highest BCUT2D eigenvalue weighted by molar-refractivity contribution is 7.89. The van der Waals surface area contributed by atoms with E-state index in [9.17, 15) is 23.3 Å². The fraction of sp³-hybridized carbons (Fsp3) is 0.423. The maximum absolute atomic E-state index is 13.6. The Morgan fingerprint density at radius 3 is 2.29 bits per heavy atom. The molecular weight excluding hydrogens is 464 g/mol. The van der Waals surface area contributed by atoms with Crippen LogP contribution in [0.2, 0.25) is 0 Å². The van der Waals surface area contributed by atoms with Gasteiger partial charge in [0, 0.05) is 45.6 Å². The molecule has 2 aliphatic rings. The van der Waals surface area contributed by atoms with Gasteiger partial charge in [0.2, 0.25) is 21.8 Å². The Labute approximate surface area is 206 Å². The first-order valence-electron chi connectivity index (χ1n) is 11.9. The second-order valence-electron chi connectivity index (χ2n) is 9.45. The van der Waals surface area contributed by atoms with E-state index in [1.807, 2.05) is 44.2 Å². The summed E-state index contributed by atoms with van der Waals surface area (Å²) in [5.74, 6) is -0.00581. The average molecular weight is 495 g/mol. The van der Waals surface area contributed by atoms with Crippen molar-refractivity contribution in [2.75, 3.05) is 26.2 Å². The van der Waals surface area contributed by atoms with Crippen LogP contribution in [0, 0.1) is 17.2 Å². The number of nitriles is 1. The number of carbonyl (C=O) groups is 2. The first kappa shape index (κ1) is 24.9. The molecule has 2 heterocycles. The van der Waals surface area contributed by atoms with E-state index in [-0.39, 0.29) is 54.4 Å². The molecule has 184 valence electrons. The van der Waals surface area contributed by atoms with Crippen molar-refractivity contribution in [3.63, 3.8) is 0 Å². The minimum Gasteiger partial charge on any atom is -0.338 e. The summed E-state index contributed by atoms with van der Waals surface area (Å²) in [5.41, 5.74) is 2.22. The average Bonchev–Trinajstić information content (AvgIpc) is 2.87. The highest BCUT2D eigenvalue weighted by Crippen LogP contribution is 2.27. The predicted molar refractivity (Wildman–Crippen MR) is 130 cm³/mol. The van der Waals surface area contributed by atoms with Gasteiger partial charge in [-0.3, -0.25) is 9.59 Å². The first-order valence-corrected chi connectivity index (χ1v) is 13.3. The fourth-order valence-electron chi connectivity index (χ4n) is 4.75. The smallest absolute Gasteiger partial charge is 0.245 e. The van der Waals surface area contributed by atoms with Crippen LogP contribution in [0.4, 0.5) is 0 Å². The number of amides is 2. The van der Waals surface area contributed by atoms with E-state index in [1.165, 1.54) is 16.4 Å². The molecule has 0 bridgehead atoms. The summed E-state index contributed by atoms with van der Waals surface area (Å²) >= 11 is 0. The summed E-state index contributed by atoms with van der Waals surface area (Å²) in [5, 5.41) is 9.32. The number of benzene rings is 2. The Morgan fingerprint density at radius 2 is 1.63 bits per heavy atom. The monoisotopic (exact) mass is 494 g/mol. The molecule has 8 nitrogen and oxygen atoms in total. The molecule has 2 amide bonds. The molecule has 0 aromatic heterocycles. The molecule has 4 rings (SSSR count). The molecule has 1 atom stereocenters. The molecule has 2 aliphatic heterocycles. The highest BCUT2D eigenvalue weighted by Gasteiger charge is 2.39. The van der Waals surface area contributed by atoms with Crippen LogP contribution in [0.3, 0.4) is 0 Å². The van der Waals surface area contributed by atoms with Gasteiger partial charge in [-0.05, 0) is 29.2 Å². The summed E-state index contributed by atoms with van der Waals surface area (Å²) in [7, 11) is -3.85. The predicted octanol–water partition coefficient (Wildman–Crippen LogP) is 2.39. The number of carbonyl (C=O) groups excluding carboxylic acids is 2. The minimum atomic E-state index is -3.85. The lowest BCUT2D eigenvalue weighted by molar-refractivity contribution is -0.148. The van der Waals surface area contributed by atoms with Gasteiger partial charge in [-0.1, -0.05) is 50.2 Å². The van der Waals surface area contributed by atoms with Gasteiger partial charge in [0.1, 0.15) is 12.1 Å². The largest absolute Gasteiger partial charge is 0.338 e. The molecule has 0 aliphatic carbocycles. The van der Waals surface area contributed by atoms with E-state index in [4.69, 9.17) is 0 Å². The van der Waals surface area contributed by atoms with Crippen LogP contribution >= 0.6 is 0 Å². The van der Waals surface area contributed by atoms with Gasteiger partial charge in [0.15, 0.2) is 0 Å². The van der Waals surface area contributed by atoms with Crippen LogP contribution in [-0.2, 0) is 32.6 Å². The summed E-state index contributed by atoms with van der Waals surface area (Å²) in [6, 6.07) is 15.4. The molecule has 9 heteroatoms. The van der Waals surface area contributed by atoms with Crippen molar-refractivity contribution in [2.24, 2.45) is 5.92 Å². The second-order valence-corrected chi connectivity index (χ2v) is 11.4. The first-order chi connectivity index (χ1) is 16.7. The number of hydrogen-bond acceptors (Lipinski definition) is 5. The van der Waals surface area contributed by atoms with Crippen LogP contribution in [0.15, 0.2) is 53.4 Å². The Hall–Kier alpha value is -3.22. The van der Waals surface area contributed by atoms with E-state index >= 15 is 0 Å². The molecule has 0 saturated carbocycles. The molecule has 1 unspecified atom stereocenters. The minimum absolute atomic E-state index is 0.0170. The van der Waals surface area contributed by atoms with Gasteiger partial charge in [-0.15, -0.1) is 0 Å². The third-order valence-electron chi connectivity index (χ3n) is 6.61. The van der Waals surface area contributed by atoms with E-state index < -0.39 is 16.1 Å². The zero-order valence-corrected chi connectivity index (χ0v) is 20.9. The van der Waals surface area contributed by atoms with Gasteiger partial charge in [0.05, 0.1) is 10.5 Å². The maximum Gasteiger partial charge on any atom is 0.245 e. The van der Waals surface area contributed by atoms with Crippen LogP contribution in [-0.4, -0.2) is 66.6 Å². The molecule has 1 saturated heterocycles. The lowest BCUT2D eigenvalue weighted by Crippen LogP contribution is -2.58. The maximum atomic E-state index is 13.6. The molecule has 0 spiro atoms. The van der Waals surface area contributed by atoms with Crippen molar-refractivity contribution in [1.82, 2.24) is 14.1 Å². The number of piperazine rings is 1. The van der Waals surface area contributed by atoms with Gasteiger partial charge in [0.25, 0.3) is 0 Å². The normalized spacial score (nSPS) is 18.7. The van der Waals surface area contributed by atoms with Crippen molar-refractivity contribution >= 4 is 21.8 Å². The topological polar surface area (TPSA) is 102 Å². The van der Waals surface area contributed by atoms with Crippen molar-refractivity contribution in [3.8, 4) is 6.07 Å². The molecular formula is C26H30N4O4S. The highest BCUT2D eigenvalue weighted by atomic mass is 32.2. The van der Waals surface area contributed by atoms with Crippen molar-refractivity contribution in [2.45, 2.75) is 44.2 Å². The van der Waals surface area contributed by atoms with E-state index in [1.54, 1.807) is 21.9 Å². The molecule has 35 heavy (non-hydrogen) atoms. The molecule has 2 aromatic carbocycles. The number of hydrogen-bond donors (Lipinski definition) is 0. The molecule has 0 radical (unpaired) electrons. The lowest BCUT2D eigenvalue weighted by atomic mass is 9.92. The lowest BCUT2D eigenvalue weighted by Gasteiger charge is -2.41. The standard InChI is InChI=1S/C26H30N4O4S/c1-19(2)15-25(31)30-18-22-9-4-3-7-20(22)16-23(30)26(32)28-11-13-29(14-12-28)35(33,34)24-10-6-5-8-21(24)17-27/h3-10,19,23H,11-16,18H2,1-2H3. The number of nitrogens with zero attached hydrogens (tertiary/aromatic N) is 4. The van der Waals surface area contributed by atoms with Crippen LogP contribution in [0.5, 0.6) is 0 Å². The SMILES string of the molecule is CC(C)CC(=O)N1Cc2ccccc2CC1C(=O)N1CCN(S(=O)(=O)c2ccccc2C#N)CC1. The number of sulfonamides is 1. The summed E-state index contributed by atoms with van der Waals surface area (Å²) in [4.78, 5) is 30.0. The molecule has 2 aromatic rings. The van der Waals surface area contributed by atoms with Crippen LogP contribution in [0.1, 0.15) is 37.0 Å². The van der Waals surface area contributed by atoms with Crippen molar-refractivity contribution in [1.29, 1.82) is 5.26 Å². The molecule has 1 fully saturated rings. The zero-order valence-electron chi connectivity index (χ0n) is 20.1. The Morgan fingerprint density at radius 1 is 1.00 bits per heavy atom. The summed E-state index contributed by atoms with van der Waals surface area (Å²) < 4.78 is 27.6. The van der Waals surface area contributed by atoms with Gasteiger partial charge >= 0.3 is 0 Å². The van der Waals surface area contributed by atoms with Gasteiger partial charge in [-0.25, -0.2) is 8.42 Å². The second kappa shape index (κ2) is 10.2. The van der Waals surface area contributed by atoms with Crippen molar-refractivity contribution in [3.05, 3.63) is 65.2 Å². The van der Waals surface area contributed by atoms with E-state index in [0.29, 0.717) is 19.4 Å². The summed E-state index contributed by atoms with van der Waals surface area (Å²) in [6.45, 7) is 5.10. The molecule has 0 N–H and O–H groups in total. The third-order valence-corrected chi connectivity index (χ3v) is 8.57. The Balaban J connectivity index is 1.50. The van der Waals surface area contributed by atoms with E-state index in [2.05, 4.69) is 0 Å². The van der Waals surface area contributed by atoms with E-state index in [0.717, 1.165) is 11.1 Å². The zero-order chi connectivity index (χ0) is 25.2. The quantitative estimate of drug-likeness (QED) is 0.635. The Bertz CT molecular complexity index is 1260. The van der Waals surface area contributed by atoms with Crippen LogP contribution in [0.25, 0.3) is 0 Å². The van der Waals surface area contributed by atoms with Crippen LogP contribution < -0.4 is 0 Å². The third kappa shape index (κ3) is 5.09.